The normalized spacial score (nSPS) is 12.5. The molecule has 1 amide bonds. The number of nitrogens with two attached hydrogens (primary N) is 1. The third kappa shape index (κ3) is 5.76. The average Bonchev–Trinajstić information content (AvgIpc) is 3.44. The van der Waals surface area contributed by atoms with E-state index in [1.165, 1.54) is 0 Å². The van der Waals surface area contributed by atoms with Crippen molar-refractivity contribution in [3.8, 4) is 22.6 Å². The smallest absolute Gasteiger partial charge is 0.336 e. The second kappa shape index (κ2) is 13.7. The second-order valence-corrected chi connectivity index (χ2v) is 12.6. The van der Waals surface area contributed by atoms with Crippen molar-refractivity contribution in [1.29, 1.82) is 0 Å². The minimum Gasteiger partial charge on any atom is -0.478 e. The van der Waals surface area contributed by atoms with Crippen LogP contribution < -0.4 is 15.6 Å². The van der Waals surface area contributed by atoms with E-state index in [1.807, 2.05) is 30.3 Å². The Hall–Kier alpha value is -5.59. The number of carbonyl (C=O) groups excluding carboxylic acids is 1. The van der Waals surface area contributed by atoms with E-state index in [4.69, 9.17) is 10.5 Å². The summed E-state index contributed by atoms with van der Waals surface area (Å²) in [6.45, 7) is -0.160. The number of carbonyl (C=O) groups is 2. The van der Waals surface area contributed by atoms with E-state index in [9.17, 15) is 19.8 Å². The summed E-state index contributed by atoms with van der Waals surface area (Å²) in [5.74, 6) is -0.212. The molecule has 0 fully saturated rings. The monoisotopic (exact) mass is 678 g/mol. The summed E-state index contributed by atoms with van der Waals surface area (Å²) in [5.41, 5.74) is 15.3. The predicted octanol–water partition coefficient (Wildman–Crippen LogP) is 7.60. The van der Waals surface area contributed by atoms with Crippen LogP contribution in [0.1, 0.15) is 65.2 Å². The third-order valence-electron chi connectivity index (χ3n) is 9.48. The molecular weight excluding hydrogens is 643 g/mol. The maximum Gasteiger partial charge on any atom is 0.336 e. The number of hydrogen-bond donors (Lipinski definition) is 4. The fraction of sp³-hybridized carbons (Fsp3) is 0.0952. The SMILES string of the molecule is NCc1ccc(Cc2ccc3c(c2)-c2cc(Oc4ccc(C(=O)NP)c(CO)c4)ccc2C3(c2ccccc2)c2ccccc2)cc1C(=O)O. The van der Waals surface area contributed by atoms with Gasteiger partial charge in [-0.05, 0) is 108 Å². The topological polar surface area (TPSA) is 122 Å². The minimum absolute atomic E-state index is 0.154. The van der Waals surface area contributed by atoms with Crippen LogP contribution in [0.2, 0.25) is 0 Å². The third-order valence-corrected chi connectivity index (χ3v) is 9.74. The number of benzene rings is 6. The largest absolute Gasteiger partial charge is 0.478 e. The van der Waals surface area contributed by atoms with Gasteiger partial charge in [0.15, 0.2) is 0 Å². The van der Waals surface area contributed by atoms with E-state index in [0.29, 0.717) is 34.6 Å². The number of rotatable bonds is 10. The Morgan fingerprint density at radius 1 is 0.680 bits per heavy atom. The van der Waals surface area contributed by atoms with Crippen LogP contribution >= 0.6 is 9.39 Å². The Kier molecular flexibility index (Phi) is 9.04. The summed E-state index contributed by atoms with van der Waals surface area (Å²) >= 11 is 0. The molecule has 7 nitrogen and oxygen atoms in total. The predicted molar refractivity (Wildman–Crippen MR) is 197 cm³/mol. The van der Waals surface area contributed by atoms with E-state index < -0.39 is 11.4 Å². The molecule has 0 radical (unpaired) electrons. The van der Waals surface area contributed by atoms with Gasteiger partial charge in [-0.3, -0.25) is 4.79 Å². The van der Waals surface area contributed by atoms with Crippen molar-refractivity contribution < 1.29 is 24.5 Å². The molecule has 248 valence electrons. The van der Waals surface area contributed by atoms with Crippen LogP contribution in [0.25, 0.3) is 11.1 Å². The zero-order valence-electron chi connectivity index (χ0n) is 27.1. The Bertz CT molecular complexity index is 2200. The number of aliphatic hydroxyl groups excluding tert-OH is 1. The van der Waals surface area contributed by atoms with Crippen molar-refractivity contribution >= 4 is 21.3 Å². The minimum atomic E-state index is -0.994. The molecule has 0 aliphatic heterocycles. The molecule has 0 aromatic heterocycles. The van der Waals surface area contributed by atoms with E-state index in [0.717, 1.165) is 44.5 Å². The standard InChI is InChI=1S/C42H35N2O5P/c43-24-28-13-11-26(20-35(28)41(47)48)19-27-12-17-38-36(21-27)37-23-33(49-32-14-16-34(40(46)44-50)29(22-32)25-45)15-18-39(37)42(38,30-7-3-1-4-8-30)31-9-5-2-6-10-31/h1-18,20-23,45H,19,24-25,43,50H2,(H,44,46)(H,47,48). The Morgan fingerprint density at radius 2 is 1.26 bits per heavy atom. The highest BCUT2D eigenvalue weighted by atomic mass is 31.0. The van der Waals surface area contributed by atoms with Gasteiger partial charge in [-0.15, -0.1) is 0 Å². The van der Waals surface area contributed by atoms with E-state index >= 15 is 0 Å². The van der Waals surface area contributed by atoms with Crippen LogP contribution in [0.4, 0.5) is 0 Å². The molecule has 0 bridgehead atoms. The van der Waals surface area contributed by atoms with Gasteiger partial charge in [0, 0.05) is 12.1 Å². The maximum atomic E-state index is 12.3. The second-order valence-electron chi connectivity index (χ2n) is 12.3. The van der Waals surface area contributed by atoms with Crippen molar-refractivity contribution in [2.45, 2.75) is 25.0 Å². The first kappa shape index (κ1) is 32.9. The van der Waals surface area contributed by atoms with Gasteiger partial charge in [0.1, 0.15) is 11.5 Å². The van der Waals surface area contributed by atoms with Crippen LogP contribution in [0.5, 0.6) is 11.5 Å². The lowest BCUT2D eigenvalue weighted by Crippen LogP contribution is -2.28. The number of amides is 1. The molecule has 0 heterocycles. The highest BCUT2D eigenvalue weighted by Crippen LogP contribution is 2.57. The highest BCUT2D eigenvalue weighted by Gasteiger charge is 2.46. The van der Waals surface area contributed by atoms with Crippen LogP contribution in [0, 0.1) is 0 Å². The molecular formula is C42H35N2O5P. The van der Waals surface area contributed by atoms with Crippen molar-refractivity contribution in [2.75, 3.05) is 0 Å². The summed E-state index contributed by atoms with van der Waals surface area (Å²) in [4.78, 5) is 24.3. The number of aliphatic hydroxyl groups is 1. The molecule has 50 heavy (non-hydrogen) atoms. The molecule has 6 aromatic carbocycles. The van der Waals surface area contributed by atoms with Gasteiger partial charge < -0.3 is 25.8 Å². The summed E-state index contributed by atoms with van der Waals surface area (Å²) < 4.78 is 6.38. The molecule has 5 N–H and O–H groups in total. The molecule has 1 unspecified atom stereocenters. The molecule has 1 aliphatic carbocycles. The van der Waals surface area contributed by atoms with Gasteiger partial charge in [0.25, 0.3) is 5.91 Å². The fourth-order valence-electron chi connectivity index (χ4n) is 7.24. The van der Waals surface area contributed by atoms with Gasteiger partial charge in [0.2, 0.25) is 0 Å². The van der Waals surface area contributed by atoms with E-state index in [1.54, 1.807) is 30.3 Å². The number of fused-ring (bicyclic) bond motifs is 3. The summed E-state index contributed by atoms with van der Waals surface area (Å²) in [6, 6.07) is 44.1. The van der Waals surface area contributed by atoms with Crippen LogP contribution in [-0.2, 0) is 25.0 Å². The first-order valence-corrected chi connectivity index (χ1v) is 16.8. The zero-order valence-corrected chi connectivity index (χ0v) is 28.3. The van der Waals surface area contributed by atoms with Gasteiger partial charge in [0.05, 0.1) is 17.6 Å². The fourth-order valence-corrected chi connectivity index (χ4v) is 7.40. The van der Waals surface area contributed by atoms with Crippen LogP contribution in [0.3, 0.4) is 0 Å². The number of aromatic carboxylic acids is 1. The number of hydrogen-bond acceptors (Lipinski definition) is 5. The van der Waals surface area contributed by atoms with E-state index in [-0.39, 0.29) is 24.6 Å². The molecule has 7 rings (SSSR count). The van der Waals surface area contributed by atoms with Gasteiger partial charge in [-0.2, -0.15) is 0 Å². The molecule has 0 spiro atoms. The summed E-state index contributed by atoms with van der Waals surface area (Å²) in [6.07, 6.45) is 0.535. The van der Waals surface area contributed by atoms with Crippen molar-refractivity contribution in [3.63, 3.8) is 0 Å². The lowest BCUT2D eigenvalue weighted by molar-refractivity contribution is 0.0695. The van der Waals surface area contributed by atoms with Crippen molar-refractivity contribution in [3.05, 3.63) is 189 Å². The molecule has 1 aliphatic rings. The van der Waals surface area contributed by atoms with Gasteiger partial charge in [-0.1, -0.05) is 97.1 Å². The molecule has 8 heteroatoms. The van der Waals surface area contributed by atoms with Crippen LogP contribution in [0.15, 0.2) is 133 Å². The Labute approximate surface area is 292 Å². The lowest BCUT2D eigenvalue weighted by atomic mass is 9.67. The first-order valence-electron chi connectivity index (χ1n) is 16.2. The number of nitrogens with one attached hydrogen (secondary N) is 1. The summed E-state index contributed by atoms with van der Waals surface area (Å²) in [5, 5.41) is 22.3. The zero-order chi connectivity index (χ0) is 34.8. The van der Waals surface area contributed by atoms with Crippen molar-refractivity contribution in [2.24, 2.45) is 5.73 Å². The maximum absolute atomic E-state index is 12.3. The first-order chi connectivity index (χ1) is 24.4. The highest BCUT2D eigenvalue weighted by molar-refractivity contribution is 7.15. The van der Waals surface area contributed by atoms with Crippen molar-refractivity contribution in [1.82, 2.24) is 5.09 Å². The Morgan fingerprint density at radius 3 is 1.88 bits per heavy atom. The quantitative estimate of drug-likeness (QED) is 0.111. The van der Waals surface area contributed by atoms with Gasteiger partial charge >= 0.3 is 5.97 Å². The molecule has 0 saturated heterocycles. The number of carboxylic acid groups (broad SMARTS) is 1. The number of carboxylic acids is 1. The molecule has 1 atom stereocenters. The van der Waals surface area contributed by atoms with Gasteiger partial charge in [-0.25, -0.2) is 4.79 Å². The van der Waals surface area contributed by atoms with E-state index in [2.05, 4.69) is 87.3 Å². The summed E-state index contributed by atoms with van der Waals surface area (Å²) in [7, 11) is 2.18. The lowest BCUT2D eigenvalue weighted by Gasteiger charge is -2.34. The number of ether oxygens (including phenoxy) is 1. The molecule has 0 saturated carbocycles. The average molecular weight is 679 g/mol. The Balaban J connectivity index is 1.38. The van der Waals surface area contributed by atoms with Crippen LogP contribution in [-0.4, -0.2) is 22.1 Å². The molecule has 6 aromatic rings.